The largest absolute Gasteiger partial charge is 0.480 e. The van der Waals surface area contributed by atoms with Crippen LogP contribution < -0.4 is 5.32 Å². The van der Waals surface area contributed by atoms with Gasteiger partial charge in [0.05, 0.1) is 12.0 Å². The zero-order valence-electron chi connectivity index (χ0n) is 10.7. The lowest BCUT2D eigenvalue weighted by atomic mass is 10.1. The van der Waals surface area contributed by atoms with E-state index < -0.39 is 12.0 Å². The first kappa shape index (κ1) is 13.3. The number of halogens is 1. The van der Waals surface area contributed by atoms with E-state index >= 15 is 0 Å². The Bertz CT molecular complexity index is 654. The van der Waals surface area contributed by atoms with Crippen molar-refractivity contribution in [3.05, 3.63) is 52.0 Å². The maximum Gasteiger partial charge on any atom is 0.321 e. The summed E-state index contributed by atoms with van der Waals surface area (Å²) in [5.41, 5.74) is 3.11. The molecule has 3 rings (SSSR count). The highest BCUT2D eigenvalue weighted by Crippen LogP contribution is 2.19. The summed E-state index contributed by atoms with van der Waals surface area (Å²) in [5, 5.41) is 12.1. The summed E-state index contributed by atoms with van der Waals surface area (Å²) in [7, 11) is 0. The number of fused-ring (bicyclic) bond motifs is 1. The van der Waals surface area contributed by atoms with Crippen LogP contribution in [0.15, 0.2) is 35.1 Å². The Morgan fingerprint density at radius 3 is 3.15 bits per heavy atom. The fourth-order valence-corrected chi connectivity index (χ4v) is 2.91. The zero-order valence-corrected chi connectivity index (χ0v) is 12.3. The van der Waals surface area contributed by atoms with E-state index in [1.807, 2.05) is 22.8 Å². The molecule has 1 aromatic heterocycles. The molecule has 6 heteroatoms. The zero-order chi connectivity index (χ0) is 14.1. The normalized spacial score (nSPS) is 17.8. The highest BCUT2D eigenvalue weighted by atomic mass is 79.9. The van der Waals surface area contributed by atoms with E-state index in [0.29, 0.717) is 19.5 Å². The highest BCUT2D eigenvalue weighted by molar-refractivity contribution is 9.10. The summed E-state index contributed by atoms with van der Waals surface area (Å²) < 4.78 is 3.07. The van der Waals surface area contributed by atoms with Crippen molar-refractivity contribution in [3.8, 4) is 0 Å². The van der Waals surface area contributed by atoms with Crippen molar-refractivity contribution in [3.63, 3.8) is 0 Å². The Morgan fingerprint density at radius 1 is 1.55 bits per heavy atom. The number of carboxylic acid groups (broad SMARTS) is 1. The molecule has 0 fully saturated rings. The first-order chi connectivity index (χ1) is 9.63. The molecule has 2 N–H and O–H groups in total. The minimum Gasteiger partial charge on any atom is -0.480 e. The maximum absolute atomic E-state index is 11.1. The number of aromatic nitrogens is 2. The van der Waals surface area contributed by atoms with Crippen LogP contribution in [0.3, 0.4) is 0 Å². The molecule has 2 heterocycles. The third-order valence-electron chi connectivity index (χ3n) is 3.49. The number of rotatable bonds is 3. The fourth-order valence-electron chi connectivity index (χ4n) is 2.46. The van der Waals surface area contributed by atoms with Gasteiger partial charge in [-0.05, 0) is 17.7 Å². The summed E-state index contributed by atoms with van der Waals surface area (Å²) in [6.07, 6.45) is 2.26. The minimum atomic E-state index is -0.814. The summed E-state index contributed by atoms with van der Waals surface area (Å²) in [4.78, 5) is 15.5. The lowest BCUT2D eigenvalue weighted by molar-refractivity contribution is -0.139. The lowest BCUT2D eigenvalue weighted by Crippen LogP contribution is -2.42. The monoisotopic (exact) mass is 335 g/mol. The number of carboxylic acids is 1. The molecule has 0 saturated heterocycles. The molecular formula is C14H14BrN3O2. The van der Waals surface area contributed by atoms with E-state index in [9.17, 15) is 4.79 Å². The van der Waals surface area contributed by atoms with Gasteiger partial charge >= 0.3 is 5.97 Å². The lowest BCUT2D eigenvalue weighted by Gasteiger charge is -2.21. The Hall–Kier alpha value is -1.66. The Labute approximate surface area is 124 Å². The van der Waals surface area contributed by atoms with Crippen molar-refractivity contribution in [2.24, 2.45) is 0 Å². The average molecular weight is 336 g/mol. The molecule has 1 aromatic carbocycles. The van der Waals surface area contributed by atoms with Crippen LogP contribution in [0.25, 0.3) is 0 Å². The van der Waals surface area contributed by atoms with Gasteiger partial charge in [0.25, 0.3) is 0 Å². The number of imidazole rings is 1. The van der Waals surface area contributed by atoms with Crippen LogP contribution in [-0.2, 0) is 24.3 Å². The van der Waals surface area contributed by atoms with Gasteiger partial charge in [0, 0.05) is 29.7 Å². The van der Waals surface area contributed by atoms with Crippen molar-refractivity contribution in [1.82, 2.24) is 14.9 Å². The predicted molar refractivity (Wildman–Crippen MR) is 77.4 cm³/mol. The topological polar surface area (TPSA) is 67.1 Å². The first-order valence-corrected chi connectivity index (χ1v) is 7.16. The van der Waals surface area contributed by atoms with E-state index in [1.165, 1.54) is 0 Å². The van der Waals surface area contributed by atoms with E-state index in [1.54, 1.807) is 6.33 Å². The van der Waals surface area contributed by atoms with E-state index in [2.05, 4.69) is 32.3 Å². The van der Waals surface area contributed by atoms with Gasteiger partial charge in [-0.15, -0.1) is 0 Å². The van der Waals surface area contributed by atoms with Gasteiger partial charge in [-0.25, -0.2) is 4.98 Å². The Morgan fingerprint density at radius 2 is 2.40 bits per heavy atom. The average Bonchev–Trinajstić information content (AvgIpc) is 2.81. The van der Waals surface area contributed by atoms with Gasteiger partial charge in [0.2, 0.25) is 0 Å². The molecule has 2 aromatic rings. The van der Waals surface area contributed by atoms with Crippen LogP contribution in [-0.4, -0.2) is 26.7 Å². The second-order valence-corrected chi connectivity index (χ2v) is 5.79. The maximum atomic E-state index is 11.1. The second-order valence-electron chi connectivity index (χ2n) is 4.87. The number of hydrogen-bond acceptors (Lipinski definition) is 3. The quantitative estimate of drug-likeness (QED) is 0.897. The predicted octanol–water partition coefficient (Wildman–Crippen LogP) is 1.79. The van der Waals surface area contributed by atoms with Crippen molar-refractivity contribution in [2.45, 2.75) is 25.6 Å². The molecule has 104 valence electrons. The third-order valence-corrected chi connectivity index (χ3v) is 3.98. The van der Waals surface area contributed by atoms with Crippen LogP contribution in [0.1, 0.15) is 17.0 Å². The van der Waals surface area contributed by atoms with Crippen molar-refractivity contribution in [2.75, 3.05) is 0 Å². The Kier molecular flexibility index (Phi) is 3.58. The van der Waals surface area contributed by atoms with Crippen molar-refractivity contribution >= 4 is 21.9 Å². The summed E-state index contributed by atoms with van der Waals surface area (Å²) in [6, 6.07) is 7.55. The number of nitrogens with one attached hydrogen (secondary N) is 1. The van der Waals surface area contributed by atoms with Crippen LogP contribution >= 0.6 is 15.9 Å². The number of benzene rings is 1. The number of nitrogens with zero attached hydrogens (tertiary/aromatic N) is 2. The minimum absolute atomic E-state index is 0.471. The van der Waals surface area contributed by atoms with Crippen LogP contribution in [0.5, 0.6) is 0 Å². The molecule has 0 aliphatic carbocycles. The van der Waals surface area contributed by atoms with Gasteiger partial charge in [-0.1, -0.05) is 28.1 Å². The van der Waals surface area contributed by atoms with Gasteiger partial charge in [-0.3, -0.25) is 10.1 Å². The molecule has 0 amide bonds. The second kappa shape index (κ2) is 5.38. The molecule has 0 radical (unpaired) electrons. The number of hydrogen-bond donors (Lipinski definition) is 2. The standard InChI is InChI=1S/C14H14BrN3O2/c15-10-3-1-2-9(4-10)7-18-8-17-12-6-16-11(14(19)20)5-13(12)18/h1-4,8,11,16H,5-7H2,(H,19,20). The number of aliphatic carboxylic acids is 1. The number of carbonyl (C=O) groups is 1. The van der Waals surface area contributed by atoms with Crippen LogP contribution in [0.4, 0.5) is 0 Å². The summed E-state index contributed by atoms with van der Waals surface area (Å²) in [6.45, 7) is 1.21. The Balaban J connectivity index is 1.86. The van der Waals surface area contributed by atoms with Gasteiger partial charge in [-0.2, -0.15) is 0 Å². The molecule has 1 atom stereocenters. The van der Waals surface area contributed by atoms with Gasteiger partial charge in [0.15, 0.2) is 0 Å². The van der Waals surface area contributed by atoms with Crippen molar-refractivity contribution < 1.29 is 9.90 Å². The van der Waals surface area contributed by atoms with Gasteiger partial charge in [0.1, 0.15) is 6.04 Å². The molecule has 1 aliphatic rings. The molecule has 0 saturated carbocycles. The molecule has 0 bridgehead atoms. The highest BCUT2D eigenvalue weighted by Gasteiger charge is 2.26. The molecule has 20 heavy (non-hydrogen) atoms. The van der Waals surface area contributed by atoms with E-state index in [4.69, 9.17) is 5.11 Å². The third kappa shape index (κ3) is 2.62. The van der Waals surface area contributed by atoms with Crippen LogP contribution in [0, 0.1) is 0 Å². The van der Waals surface area contributed by atoms with Gasteiger partial charge < -0.3 is 9.67 Å². The fraction of sp³-hybridized carbons (Fsp3) is 0.286. The molecular weight excluding hydrogens is 322 g/mol. The SMILES string of the molecule is O=C(O)C1Cc2c(ncn2Cc2cccc(Br)c2)CN1. The molecule has 1 unspecified atom stereocenters. The molecule has 0 spiro atoms. The smallest absolute Gasteiger partial charge is 0.321 e. The van der Waals surface area contributed by atoms with E-state index in [-0.39, 0.29) is 0 Å². The molecule has 5 nitrogen and oxygen atoms in total. The summed E-state index contributed by atoms with van der Waals surface area (Å²) >= 11 is 3.46. The summed E-state index contributed by atoms with van der Waals surface area (Å²) in [5.74, 6) is -0.814. The van der Waals surface area contributed by atoms with Crippen molar-refractivity contribution in [1.29, 1.82) is 0 Å². The first-order valence-electron chi connectivity index (χ1n) is 6.37. The van der Waals surface area contributed by atoms with Crippen LogP contribution in [0.2, 0.25) is 0 Å². The molecule has 1 aliphatic heterocycles. The van der Waals surface area contributed by atoms with E-state index in [0.717, 1.165) is 21.4 Å².